The molecule has 0 saturated heterocycles. The number of rotatable bonds is 7. The third kappa shape index (κ3) is 4.03. The molecule has 1 N–H and O–H groups in total. The van der Waals surface area contributed by atoms with Gasteiger partial charge in [0.05, 0.1) is 18.5 Å². The number of hydrogen-bond donors (Lipinski definition) is 1. The fraction of sp³-hybridized carbons (Fsp3) is 0.611. The van der Waals surface area contributed by atoms with E-state index in [1.807, 2.05) is 26.0 Å². The van der Waals surface area contributed by atoms with Crippen molar-refractivity contribution in [2.24, 2.45) is 0 Å². The minimum absolute atomic E-state index is 0.155. The fourth-order valence-electron chi connectivity index (χ4n) is 3.47. The average Bonchev–Trinajstić information content (AvgIpc) is 2.48. The highest BCUT2D eigenvalue weighted by atomic mass is 35.5. The van der Waals surface area contributed by atoms with Gasteiger partial charge in [0.25, 0.3) is 5.91 Å². The summed E-state index contributed by atoms with van der Waals surface area (Å²) < 4.78 is 0. The largest absolute Gasteiger partial charge is 0.322 e. The van der Waals surface area contributed by atoms with E-state index in [2.05, 4.69) is 33.0 Å². The third-order valence-corrected chi connectivity index (χ3v) is 10.9. The van der Waals surface area contributed by atoms with Crippen LogP contribution in [0.2, 0.25) is 5.02 Å². The molecule has 1 amide bonds. The molecule has 0 saturated carbocycles. The van der Waals surface area contributed by atoms with E-state index in [4.69, 9.17) is 11.6 Å². The Bertz CT molecular complexity index is 495. The Balaban J connectivity index is 3.09. The SMILES string of the molecule is CCC(C(=O)Nc1c(C)cc(Cl)cc1C)[P+](CC)(CC)CC. The summed E-state index contributed by atoms with van der Waals surface area (Å²) in [4.78, 5) is 12.9. The lowest BCUT2D eigenvalue weighted by Gasteiger charge is -2.31. The molecule has 1 unspecified atom stereocenters. The lowest BCUT2D eigenvalue weighted by molar-refractivity contribution is -0.115. The van der Waals surface area contributed by atoms with E-state index in [0.717, 1.165) is 46.7 Å². The molecule has 1 aromatic rings. The van der Waals surface area contributed by atoms with Crippen molar-refractivity contribution < 1.29 is 4.79 Å². The van der Waals surface area contributed by atoms with E-state index in [1.165, 1.54) is 0 Å². The first-order valence-electron chi connectivity index (χ1n) is 8.28. The van der Waals surface area contributed by atoms with Gasteiger partial charge in [0.1, 0.15) is 5.66 Å². The number of hydrogen-bond acceptors (Lipinski definition) is 1. The molecule has 2 nitrogen and oxygen atoms in total. The summed E-state index contributed by atoms with van der Waals surface area (Å²) in [6, 6.07) is 3.82. The maximum absolute atomic E-state index is 12.9. The molecule has 124 valence electrons. The second-order valence-electron chi connectivity index (χ2n) is 6.00. The second-order valence-corrected chi connectivity index (χ2v) is 11.4. The Morgan fingerprint density at radius 1 is 1.09 bits per heavy atom. The quantitative estimate of drug-likeness (QED) is 0.628. The van der Waals surface area contributed by atoms with Gasteiger partial charge in [-0.25, -0.2) is 0 Å². The standard InChI is InChI=1S/C18H29ClNOP/c1-7-16(22(8-2,9-3)10-4)18(21)20-17-13(5)11-15(19)12-14(17)6/h11-12,16H,7-10H2,1-6H3/p+1. The molecule has 22 heavy (non-hydrogen) atoms. The van der Waals surface area contributed by atoms with Gasteiger partial charge in [-0.1, -0.05) is 18.5 Å². The maximum atomic E-state index is 12.9. The predicted molar refractivity (Wildman–Crippen MR) is 102 cm³/mol. The first-order chi connectivity index (χ1) is 10.3. The van der Waals surface area contributed by atoms with Crippen molar-refractivity contribution in [3.63, 3.8) is 0 Å². The smallest absolute Gasteiger partial charge is 0.265 e. The van der Waals surface area contributed by atoms with Crippen LogP contribution in [0.5, 0.6) is 0 Å². The summed E-state index contributed by atoms with van der Waals surface area (Å²) in [5.74, 6) is 0.190. The number of benzene rings is 1. The zero-order valence-electron chi connectivity index (χ0n) is 14.8. The van der Waals surface area contributed by atoms with Crippen molar-refractivity contribution >= 4 is 30.5 Å². The van der Waals surface area contributed by atoms with Gasteiger partial charge in [0, 0.05) is 18.0 Å². The number of anilines is 1. The van der Waals surface area contributed by atoms with Crippen LogP contribution in [0, 0.1) is 13.8 Å². The predicted octanol–water partition coefficient (Wildman–Crippen LogP) is 5.75. The van der Waals surface area contributed by atoms with Crippen LogP contribution < -0.4 is 5.32 Å². The minimum atomic E-state index is -1.22. The summed E-state index contributed by atoms with van der Waals surface area (Å²) >= 11 is 6.08. The fourth-order valence-corrected chi connectivity index (χ4v) is 7.80. The Hall–Kier alpha value is -0.590. The highest BCUT2D eigenvalue weighted by Gasteiger charge is 2.44. The van der Waals surface area contributed by atoms with E-state index in [1.54, 1.807) is 0 Å². The summed E-state index contributed by atoms with van der Waals surface area (Å²) in [6.07, 6.45) is 4.35. The molecule has 1 atom stereocenters. The van der Waals surface area contributed by atoms with E-state index < -0.39 is 7.26 Å². The van der Waals surface area contributed by atoms with Crippen molar-refractivity contribution in [2.75, 3.05) is 23.8 Å². The molecular weight excluding hydrogens is 313 g/mol. The lowest BCUT2D eigenvalue weighted by atomic mass is 10.1. The second kappa shape index (κ2) is 8.31. The van der Waals surface area contributed by atoms with Crippen molar-refractivity contribution in [1.29, 1.82) is 0 Å². The first-order valence-corrected chi connectivity index (χ1v) is 11.1. The van der Waals surface area contributed by atoms with Gasteiger partial charge >= 0.3 is 0 Å². The maximum Gasteiger partial charge on any atom is 0.265 e. The van der Waals surface area contributed by atoms with E-state index in [-0.39, 0.29) is 11.6 Å². The number of carbonyl (C=O) groups is 1. The molecule has 0 fully saturated rings. The number of carbonyl (C=O) groups excluding carboxylic acids is 1. The van der Waals surface area contributed by atoms with Crippen molar-refractivity contribution in [3.05, 3.63) is 28.3 Å². The Morgan fingerprint density at radius 3 is 1.91 bits per heavy atom. The summed E-state index contributed by atoms with van der Waals surface area (Å²) in [5.41, 5.74) is 3.14. The monoisotopic (exact) mass is 342 g/mol. The van der Waals surface area contributed by atoms with Crippen LogP contribution in [0.4, 0.5) is 5.69 Å². The van der Waals surface area contributed by atoms with Crippen LogP contribution in [0.3, 0.4) is 0 Å². The minimum Gasteiger partial charge on any atom is -0.322 e. The summed E-state index contributed by atoms with van der Waals surface area (Å²) in [7, 11) is -1.22. The van der Waals surface area contributed by atoms with Crippen LogP contribution in [0.1, 0.15) is 45.2 Å². The molecule has 4 heteroatoms. The van der Waals surface area contributed by atoms with Crippen LogP contribution in [0.15, 0.2) is 12.1 Å². The average molecular weight is 343 g/mol. The molecule has 0 aromatic heterocycles. The Kier molecular flexibility index (Phi) is 7.35. The molecule has 0 radical (unpaired) electrons. The number of nitrogens with one attached hydrogen (secondary N) is 1. The topological polar surface area (TPSA) is 29.1 Å². The number of halogens is 1. The Morgan fingerprint density at radius 2 is 1.55 bits per heavy atom. The lowest BCUT2D eigenvalue weighted by Crippen LogP contribution is -2.33. The number of amides is 1. The van der Waals surface area contributed by atoms with Crippen LogP contribution in [0.25, 0.3) is 0 Å². The van der Waals surface area contributed by atoms with Gasteiger partial charge in [0.2, 0.25) is 0 Å². The van der Waals surface area contributed by atoms with E-state index >= 15 is 0 Å². The third-order valence-electron chi connectivity index (χ3n) is 4.99. The zero-order chi connectivity index (χ0) is 16.9. The molecule has 1 aromatic carbocycles. The highest BCUT2D eigenvalue weighted by molar-refractivity contribution is 7.77. The van der Waals surface area contributed by atoms with Crippen molar-refractivity contribution in [3.8, 4) is 0 Å². The van der Waals surface area contributed by atoms with Crippen molar-refractivity contribution in [2.45, 2.75) is 53.6 Å². The van der Waals surface area contributed by atoms with Gasteiger partial charge in [-0.05, 0) is 64.3 Å². The molecular formula is C18H30ClNOP+. The molecule has 0 bridgehead atoms. The van der Waals surface area contributed by atoms with Crippen LogP contribution in [-0.4, -0.2) is 30.1 Å². The van der Waals surface area contributed by atoms with Gasteiger partial charge in [0.15, 0.2) is 0 Å². The van der Waals surface area contributed by atoms with Crippen LogP contribution >= 0.6 is 18.9 Å². The summed E-state index contributed by atoms with van der Waals surface area (Å²) in [6.45, 7) is 12.9. The molecule has 0 aliphatic heterocycles. The van der Waals surface area contributed by atoms with Crippen molar-refractivity contribution in [1.82, 2.24) is 0 Å². The van der Waals surface area contributed by atoms with Gasteiger partial charge in [-0.3, -0.25) is 4.79 Å². The van der Waals surface area contributed by atoms with Gasteiger partial charge in [-0.2, -0.15) is 0 Å². The van der Waals surface area contributed by atoms with E-state index in [9.17, 15) is 4.79 Å². The van der Waals surface area contributed by atoms with Gasteiger partial charge in [-0.15, -0.1) is 0 Å². The normalized spacial score (nSPS) is 13.0. The zero-order valence-corrected chi connectivity index (χ0v) is 16.4. The molecule has 0 aliphatic rings. The van der Waals surface area contributed by atoms with Gasteiger partial charge < -0.3 is 5.32 Å². The summed E-state index contributed by atoms with van der Waals surface area (Å²) in [5, 5.41) is 3.92. The Labute approximate surface area is 141 Å². The molecule has 0 heterocycles. The number of aryl methyl sites for hydroxylation is 2. The van der Waals surface area contributed by atoms with Crippen LogP contribution in [-0.2, 0) is 4.79 Å². The highest BCUT2D eigenvalue weighted by Crippen LogP contribution is 2.63. The first kappa shape index (κ1) is 19.5. The molecule has 0 aliphatic carbocycles. The molecule has 0 spiro atoms. The van der Waals surface area contributed by atoms with E-state index in [0.29, 0.717) is 0 Å². The molecule has 1 rings (SSSR count).